The Morgan fingerprint density at radius 1 is 1.10 bits per heavy atom. The van der Waals surface area contributed by atoms with Gasteiger partial charge in [-0.25, -0.2) is 13.1 Å². The zero-order valence-corrected chi connectivity index (χ0v) is 14.0. The Morgan fingerprint density at radius 3 is 2.40 bits per heavy atom. The Morgan fingerprint density at radius 2 is 1.80 bits per heavy atom. The molecule has 0 amide bonds. The summed E-state index contributed by atoms with van der Waals surface area (Å²) in [5.74, 6) is 0.812. The number of nitrogens with one attached hydrogen (secondary N) is 2. The molecule has 0 bridgehead atoms. The molecule has 1 saturated carbocycles. The van der Waals surface area contributed by atoms with E-state index < -0.39 is 10.0 Å². The monoisotopic (exact) mass is 304 g/mol. The average Bonchev–Trinajstić information content (AvgIpc) is 2.45. The summed E-state index contributed by atoms with van der Waals surface area (Å²) in [6.07, 6.45) is 8.75. The SMILES string of the molecule is CCNCCCCS(=O)(=O)NC(CC)C1CCCCC1. The molecule has 1 aliphatic rings. The van der Waals surface area contributed by atoms with E-state index in [1.165, 1.54) is 32.1 Å². The lowest BCUT2D eigenvalue weighted by Crippen LogP contribution is -2.41. The molecule has 1 atom stereocenters. The summed E-state index contributed by atoms with van der Waals surface area (Å²) < 4.78 is 27.2. The standard InChI is InChI=1S/C15H32N2O2S/c1-3-15(14-10-6-5-7-11-14)17-20(18,19)13-9-8-12-16-4-2/h14-17H,3-13H2,1-2H3. The second-order valence-electron chi connectivity index (χ2n) is 5.91. The maximum absolute atomic E-state index is 12.1. The highest BCUT2D eigenvalue weighted by atomic mass is 32.2. The second-order valence-corrected chi connectivity index (χ2v) is 7.78. The Kier molecular flexibility index (Phi) is 8.73. The van der Waals surface area contributed by atoms with Gasteiger partial charge in [-0.3, -0.25) is 0 Å². The van der Waals surface area contributed by atoms with Gasteiger partial charge in [0.25, 0.3) is 0 Å². The second kappa shape index (κ2) is 9.74. The molecule has 4 nitrogen and oxygen atoms in total. The molecule has 1 fully saturated rings. The summed E-state index contributed by atoms with van der Waals surface area (Å²) in [5.41, 5.74) is 0. The molecule has 1 aliphatic carbocycles. The van der Waals surface area contributed by atoms with Crippen LogP contribution in [0.2, 0.25) is 0 Å². The fraction of sp³-hybridized carbons (Fsp3) is 1.00. The highest BCUT2D eigenvalue weighted by Crippen LogP contribution is 2.28. The fourth-order valence-corrected chi connectivity index (χ4v) is 4.58. The molecule has 1 rings (SSSR count). The predicted molar refractivity (Wildman–Crippen MR) is 85.4 cm³/mol. The van der Waals surface area contributed by atoms with Crippen LogP contribution >= 0.6 is 0 Å². The number of unbranched alkanes of at least 4 members (excludes halogenated alkanes) is 1. The van der Waals surface area contributed by atoms with Gasteiger partial charge in [0.1, 0.15) is 0 Å². The fourth-order valence-electron chi connectivity index (χ4n) is 3.06. The molecule has 0 aromatic rings. The summed E-state index contributed by atoms with van der Waals surface area (Å²) in [5, 5.41) is 3.22. The molecule has 1 unspecified atom stereocenters. The van der Waals surface area contributed by atoms with Crippen LogP contribution in [0.4, 0.5) is 0 Å². The summed E-state index contributed by atoms with van der Waals surface area (Å²) in [7, 11) is -3.11. The van der Waals surface area contributed by atoms with Gasteiger partial charge in [-0.2, -0.15) is 0 Å². The molecule has 0 aliphatic heterocycles. The Bertz CT molecular complexity index is 338. The van der Waals surface area contributed by atoms with E-state index in [9.17, 15) is 8.42 Å². The molecule has 0 heterocycles. The van der Waals surface area contributed by atoms with E-state index in [1.54, 1.807) is 0 Å². The van der Waals surface area contributed by atoms with E-state index in [0.29, 0.717) is 5.92 Å². The maximum Gasteiger partial charge on any atom is 0.211 e. The van der Waals surface area contributed by atoms with Crippen LogP contribution in [-0.2, 0) is 10.0 Å². The zero-order valence-electron chi connectivity index (χ0n) is 13.2. The molecule has 0 aromatic carbocycles. The summed E-state index contributed by atoms with van der Waals surface area (Å²) in [6, 6.07) is 0.147. The first-order valence-corrected chi connectivity index (χ1v) is 9.95. The van der Waals surface area contributed by atoms with Gasteiger partial charge in [-0.15, -0.1) is 0 Å². The minimum absolute atomic E-state index is 0.147. The quantitative estimate of drug-likeness (QED) is 0.610. The molecular formula is C15H32N2O2S. The zero-order chi connectivity index (χ0) is 14.8. The number of rotatable bonds is 10. The molecule has 20 heavy (non-hydrogen) atoms. The predicted octanol–water partition coefficient (Wildman–Crippen LogP) is 2.65. The molecule has 0 aromatic heterocycles. The van der Waals surface area contributed by atoms with Gasteiger partial charge >= 0.3 is 0 Å². The molecular weight excluding hydrogens is 272 g/mol. The molecule has 120 valence electrons. The van der Waals surface area contributed by atoms with Crippen molar-refractivity contribution in [3.63, 3.8) is 0 Å². The van der Waals surface area contributed by atoms with Crippen molar-refractivity contribution in [3.05, 3.63) is 0 Å². The van der Waals surface area contributed by atoms with Crippen LogP contribution in [0.1, 0.15) is 65.2 Å². The van der Waals surface area contributed by atoms with Gasteiger partial charge in [0, 0.05) is 6.04 Å². The van der Waals surface area contributed by atoms with Crippen LogP contribution in [0.15, 0.2) is 0 Å². The Labute approximate surface area is 125 Å². The molecule has 0 radical (unpaired) electrons. The number of sulfonamides is 1. The van der Waals surface area contributed by atoms with Crippen LogP contribution < -0.4 is 10.0 Å². The smallest absolute Gasteiger partial charge is 0.211 e. The molecule has 5 heteroatoms. The van der Waals surface area contributed by atoms with Crippen LogP contribution in [0, 0.1) is 5.92 Å². The van der Waals surface area contributed by atoms with Gasteiger partial charge in [0.15, 0.2) is 0 Å². The largest absolute Gasteiger partial charge is 0.317 e. The van der Waals surface area contributed by atoms with Crippen molar-refractivity contribution in [3.8, 4) is 0 Å². The Balaban J connectivity index is 2.34. The minimum Gasteiger partial charge on any atom is -0.317 e. The van der Waals surface area contributed by atoms with E-state index in [0.717, 1.165) is 32.4 Å². The van der Waals surface area contributed by atoms with Gasteiger partial charge < -0.3 is 5.32 Å². The third-order valence-corrected chi connectivity index (χ3v) is 5.74. The van der Waals surface area contributed by atoms with Crippen molar-refractivity contribution < 1.29 is 8.42 Å². The van der Waals surface area contributed by atoms with Crippen molar-refractivity contribution in [2.24, 2.45) is 5.92 Å². The first-order valence-electron chi connectivity index (χ1n) is 8.29. The maximum atomic E-state index is 12.1. The summed E-state index contributed by atoms with van der Waals surface area (Å²) in [6.45, 7) is 6.01. The van der Waals surface area contributed by atoms with Crippen molar-refractivity contribution in [2.75, 3.05) is 18.8 Å². The van der Waals surface area contributed by atoms with E-state index in [-0.39, 0.29) is 11.8 Å². The molecule has 0 spiro atoms. The van der Waals surface area contributed by atoms with Crippen LogP contribution in [-0.4, -0.2) is 33.3 Å². The highest BCUT2D eigenvalue weighted by Gasteiger charge is 2.25. The Hall–Kier alpha value is -0.130. The lowest BCUT2D eigenvalue weighted by Gasteiger charge is -2.30. The molecule has 2 N–H and O–H groups in total. The highest BCUT2D eigenvalue weighted by molar-refractivity contribution is 7.89. The van der Waals surface area contributed by atoms with Crippen LogP contribution in [0.3, 0.4) is 0 Å². The van der Waals surface area contributed by atoms with E-state index in [4.69, 9.17) is 0 Å². The third-order valence-electron chi connectivity index (χ3n) is 4.26. The average molecular weight is 305 g/mol. The summed E-state index contributed by atoms with van der Waals surface area (Å²) >= 11 is 0. The topological polar surface area (TPSA) is 58.2 Å². The first-order chi connectivity index (χ1) is 9.59. The molecule has 0 saturated heterocycles. The van der Waals surface area contributed by atoms with Crippen molar-refractivity contribution >= 4 is 10.0 Å². The van der Waals surface area contributed by atoms with Crippen molar-refractivity contribution in [2.45, 2.75) is 71.3 Å². The third kappa shape index (κ3) is 7.04. The summed E-state index contributed by atoms with van der Waals surface area (Å²) in [4.78, 5) is 0. The first kappa shape index (κ1) is 17.9. The van der Waals surface area contributed by atoms with Crippen LogP contribution in [0.25, 0.3) is 0 Å². The number of hydrogen-bond acceptors (Lipinski definition) is 3. The normalized spacial score (nSPS) is 19.1. The van der Waals surface area contributed by atoms with Crippen LogP contribution in [0.5, 0.6) is 0 Å². The lowest BCUT2D eigenvalue weighted by molar-refractivity contribution is 0.285. The van der Waals surface area contributed by atoms with E-state index in [2.05, 4.69) is 23.9 Å². The van der Waals surface area contributed by atoms with Gasteiger partial charge in [-0.1, -0.05) is 33.1 Å². The minimum atomic E-state index is -3.11. The van der Waals surface area contributed by atoms with E-state index in [1.807, 2.05) is 0 Å². The van der Waals surface area contributed by atoms with Gasteiger partial charge in [-0.05, 0) is 51.1 Å². The van der Waals surface area contributed by atoms with Gasteiger partial charge in [0.05, 0.1) is 5.75 Å². The lowest BCUT2D eigenvalue weighted by atomic mass is 9.83. The van der Waals surface area contributed by atoms with Crippen molar-refractivity contribution in [1.29, 1.82) is 0 Å². The van der Waals surface area contributed by atoms with E-state index >= 15 is 0 Å². The van der Waals surface area contributed by atoms with Gasteiger partial charge in [0.2, 0.25) is 10.0 Å². The van der Waals surface area contributed by atoms with Crippen molar-refractivity contribution in [1.82, 2.24) is 10.0 Å². The number of hydrogen-bond donors (Lipinski definition) is 2.